The maximum absolute atomic E-state index is 13.3. The molecule has 1 amide bonds. The number of nitrogens with zero attached hydrogens (tertiary/aromatic N) is 1. The number of ether oxygens (including phenoxy) is 1. The van der Waals surface area contributed by atoms with Gasteiger partial charge in [-0.1, -0.05) is 37.6 Å². The van der Waals surface area contributed by atoms with Crippen LogP contribution in [0.1, 0.15) is 51.7 Å². The van der Waals surface area contributed by atoms with Crippen molar-refractivity contribution in [2.24, 2.45) is 0 Å². The third kappa shape index (κ3) is 4.16. The lowest BCUT2D eigenvalue weighted by Crippen LogP contribution is -2.18. The first-order valence-corrected chi connectivity index (χ1v) is 10.2. The van der Waals surface area contributed by atoms with Gasteiger partial charge in [-0.15, -0.1) is 6.58 Å². The zero-order valence-corrected chi connectivity index (χ0v) is 18.7. The second-order valence-electron chi connectivity index (χ2n) is 7.60. The summed E-state index contributed by atoms with van der Waals surface area (Å²) in [6, 6.07) is 8.88. The van der Waals surface area contributed by atoms with E-state index in [1.165, 1.54) is 24.8 Å². The Balaban J connectivity index is 2.10. The molecule has 3 aromatic rings. The highest BCUT2D eigenvalue weighted by molar-refractivity contribution is 6.34. The molecule has 0 bridgehead atoms. The molecule has 0 saturated carbocycles. The highest BCUT2D eigenvalue weighted by Gasteiger charge is 2.22. The first kappa shape index (κ1) is 22.4. The average molecular weight is 441 g/mol. The molecule has 0 radical (unpaired) electrons. The van der Waals surface area contributed by atoms with E-state index in [9.17, 15) is 14.7 Å². The van der Waals surface area contributed by atoms with Crippen molar-refractivity contribution >= 4 is 40.1 Å². The predicted molar refractivity (Wildman–Crippen MR) is 124 cm³/mol. The SMILES string of the molecule is C=CCn1c(C(=O)Nc2cc(OC)c(C(=O)O)cc2Cl)c(C)c2cc(C(C)C)ccc21. The summed E-state index contributed by atoms with van der Waals surface area (Å²) in [6.07, 6.45) is 1.74. The number of allylic oxidation sites excluding steroid dienone is 1. The van der Waals surface area contributed by atoms with Crippen LogP contribution in [-0.2, 0) is 6.54 Å². The maximum Gasteiger partial charge on any atom is 0.339 e. The van der Waals surface area contributed by atoms with Crippen molar-refractivity contribution in [2.75, 3.05) is 12.4 Å². The minimum absolute atomic E-state index is 0.0799. The number of rotatable bonds is 7. The summed E-state index contributed by atoms with van der Waals surface area (Å²) < 4.78 is 7.06. The smallest absolute Gasteiger partial charge is 0.339 e. The Morgan fingerprint density at radius 2 is 2.00 bits per heavy atom. The van der Waals surface area contributed by atoms with Gasteiger partial charge >= 0.3 is 5.97 Å². The Hall–Kier alpha value is -3.25. The summed E-state index contributed by atoms with van der Waals surface area (Å²) in [5, 5.41) is 13.2. The van der Waals surface area contributed by atoms with Gasteiger partial charge in [-0.2, -0.15) is 0 Å². The standard InChI is InChI=1S/C24H25ClN2O4/c1-6-9-27-20-8-7-15(13(2)3)10-16(20)14(4)22(27)23(28)26-19-12-21(31-5)17(24(29)30)11-18(19)25/h6-8,10-13H,1,9H2,2-5H3,(H,26,28)(H,29,30). The number of carbonyl (C=O) groups excluding carboxylic acids is 1. The van der Waals surface area contributed by atoms with Crippen molar-refractivity contribution in [1.29, 1.82) is 0 Å². The van der Waals surface area contributed by atoms with Crippen molar-refractivity contribution in [3.63, 3.8) is 0 Å². The molecule has 7 heteroatoms. The molecule has 6 nitrogen and oxygen atoms in total. The normalized spacial score (nSPS) is 11.0. The molecule has 2 aromatic carbocycles. The summed E-state index contributed by atoms with van der Waals surface area (Å²) in [4.78, 5) is 24.7. The number of nitrogens with one attached hydrogen (secondary N) is 1. The minimum atomic E-state index is -1.17. The number of aromatic carboxylic acids is 1. The molecule has 31 heavy (non-hydrogen) atoms. The molecule has 3 rings (SSSR count). The highest BCUT2D eigenvalue weighted by atomic mass is 35.5. The number of carboxylic acids is 1. The van der Waals surface area contributed by atoms with Crippen LogP contribution in [-0.4, -0.2) is 28.7 Å². The largest absolute Gasteiger partial charge is 0.496 e. The molecule has 0 aliphatic heterocycles. The predicted octanol–water partition coefficient (Wildman–Crippen LogP) is 5.87. The lowest BCUT2D eigenvalue weighted by atomic mass is 10.0. The van der Waals surface area contributed by atoms with Gasteiger partial charge in [-0.05, 0) is 42.2 Å². The maximum atomic E-state index is 13.3. The second kappa shape index (κ2) is 8.86. The number of hydrogen-bond donors (Lipinski definition) is 2. The number of carboxylic acid groups (broad SMARTS) is 1. The van der Waals surface area contributed by atoms with Gasteiger partial charge in [0.05, 0.1) is 17.8 Å². The van der Waals surface area contributed by atoms with E-state index in [1.54, 1.807) is 6.08 Å². The second-order valence-corrected chi connectivity index (χ2v) is 8.00. The van der Waals surface area contributed by atoms with Crippen LogP contribution in [0.15, 0.2) is 43.0 Å². The van der Waals surface area contributed by atoms with Crippen LogP contribution in [0.5, 0.6) is 5.75 Å². The van der Waals surface area contributed by atoms with Gasteiger partial charge in [0.25, 0.3) is 5.91 Å². The zero-order chi connectivity index (χ0) is 22.9. The number of benzene rings is 2. The molecule has 0 aliphatic rings. The fourth-order valence-corrected chi connectivity index (χ4v) is 3.89. The fraction of sp³-hybridized carbons (Fsp3) is 0.250. The number of hydrogen-bond acceptors (Lipinski definition) is 3. The van der Waals surface area contributed by atoms with Gasteiger partial charge < -0.3 is 19.7 Å². The molecule has 1 aromatic heterocycles. The lowest BCUT2D eigenvalue weighted by molar-refractivity contribution is 0.0693. The molecule has 2 N–H and O–H groups in total. The number of anilines is 1. The van der Waals surface area contributed by atoms with Crippen LogP contribution in [0, 0.1) is 6.92 Å². The number of aromatic nitrogens is 1. The van der Waals surface area contributed by atoms with Crippen LogP contribution in [0.25, 0.3) is 10.9 Å². The van der Waals surface area contributed by atoms with Gasteiger partial charge in [0.15, 0.2) is 0 Å². The minimum Gasteiger partial charge on any atom is -0.496 e. The van der Waals surface area contributed by atoms with E-state index in [-0.39, 0.29) is 27.9 Å². The van der Waals surface area contributed by atoms with E-state index >= 15 is 0 Å². The molecule has 0 spiro atoms. The van der Waals surface area contributed by atoms with Gasteiger partial charge in [0.1, 0.15) is 17.0 Å². The molecule has 0 aliphatic carbocycles. The van der Waals surface area contributed by atoms with Crippen molar-refractivity contribution < 1.29 is 19.4 Å². The van der Waals surface area contributed by atoms with Crippen molar-refractivity contribution in [3.8, 4) is 5.75 Å². The first-order chi connectivity index (χ1) is 14.7. The van der Waals surface area contributed by atoms with Crippen LogP contribution < -0.4 is 10.1 Å². The molecular weight excluding hydrogens is 416 g/mol. The Morgan fingerprint density at radius 1 is 1.29 bits per heavy atom. The number of carbonyl (C=O) groups is 2. The third-order valence-electron chi connectivity index (χ3n) is 5.30. The van der Waals surface area contributed by atoms with E-state index in [4.69, 9.17) is 16.3 Å². The van der Waals surface area contributed by atoms with Crippen LogP contribution in [0.2, 0.25) is 5.02 Å². The fourth-order valence-electron chi connectivity index (χ4n) is 3.68. The van der Waals surface area contributed by atoms with Crippen molar-refractivity contribution in [3.05, 3.63) is 70.4 Å². The van der Waals surface area contributed by atoms with Crippen molar-refractivity contribution in [1.82, 2.24) is 4.57 Å². The number of halogens is 1. The Morgan fingerprint density at radius 3 is 2.58 bits per heavy atom. The number of fused-ring (bicyclic) bond motifs is 1. The third-order valence-corrected chi connectivity index (χ3v) is 5.61. The van der Waals surface area contributed by atoms with Crippen LogP contribution in [0.4, 0.5) is 5.69 Å². The van der Waals surface area contributed by atoms with Gasteiger partial charge in [0.2, 0.25) is 0 Å². The first-order valence-electron chi connectivity index (χ1n) is 9.85. The van der Waals surface area contributed by atoms with E-state index in [0.717, 1.165) is 16.5 Å². The van der Waals surface area contributed by atoms with Crippen LogP contribution >= 0.6 is 11.6 Å². The highest BCUT2D eigenvalue weighted by Crippen LogP contribution is 2.33. The quantitative estimate of drug-likeness (QED) is 0.450. The van der Waals surface area contributed by atoms with E-state index in [1.807, 2.05) is 17.6 Å². The summed E-state index contributed by atoms with van der Waals surface area (Å²) >= 11 is 6.25. The topological polar surface area (TPSA) is 80.6 Å². The number of aryl methyl sites for hydroxylation is 1. The van der Waals surface area contributed by atoms with Crippen LogP contribution in [0.3, 0.4) is 0 Å². The molecule has 162 valence electrons. The average Bonchev–Trinajstić information content (AvgIpc) is 3.00. The summed E-state index contributed by atoms with van der Waals surface area (Å²) in [6.45, 7) is 10.4. The van der Waals surface area contributed by atoms with E-state index < -0.39 is 5.97 Å². The molecule has 0 saturated heterocycles. The number of methoxy groups -OCH3 is 1. The monoisotopic (exact) mass is 440 g/mol. The van der Waals surface area contributed by atoms with Gasteiger partial charge in [0, 0.05) is 23.5 Å². The van der Waals surface area contributed by atoms with Gasteiger partial charge in [-0.3, -0.25) is 4.79 Å². The molecule has 0 atom stereocenters. The van der Waals surface area contributed by atoms with E-state index in [0.29, 0.717) is 18.2 Å². The molecule has 1 heterocycles. The number of amides is 1. The van der Waals surface area contributed by atoms with Gasteiger partial charge in [-0.25, -0.2) is 4.79 Å². The Labute approximate surface area is 186 Å². The summed E-state index contributed by atoms with van der Waals surface area (Å²) in [5.41, 5.74) is 3.66. The Bertz CT molecular complexity index is 1190. The van der Waals surface area contributed by atoms with Crippen molar-refractivity contribution in [2.45, 2.75) is 33.2 Å². The molecule has 0 fully saturated rings. The summed E-state index contributed by atoms with van der Waals surface area (Å²) in [7, 11) is 1.36. The summed E-state index contributed by atoms with van der Waals surface area (Å²) in [5.74, 6) is -1.05. The molecule has 0 unspecified atom stereocenters. The Kier molecular flexibility index (Phi) is 6.41. The lowest BCUT2D eigenvalue weighted by Gasteiger charge is -2.13. The van der Waals surface area contributed by atoms with E-state index in [2.05, 4.69) is 37.9 Å². The zero-order valence-electron chi connectivity index (χ0n) is 18.0. The molecular formula is C24H25ClN2O4.